The van der Waals surface area contributed by atoms with E-state index in [-0.39, 0.29) is 0 Å². The minimum atomic E-state index is 0.711. The number of anilines is 1. The number of aromatic nitrogens is 2. The molecule has 5 heteroatoms. The van der Waals surface area contributed by atoms with Gasteiger partial charge in [-0.05, 0) is 21.2 Å². The van der Waals surface area contributed by atoms with Gasteiger partial charge in [0, 0.05) is 30.7 Å². The molecule has 3 nitrogen and oxygen atoms in total. The number of rotatable bonds is 3. The van der Waals surface area contributed by atoms with Gasteiger partial charge in [0.25, 0.3) is 0 Å². The minimum Gasteiger partial charge on any atom is -0.338 e. The molecule has 0 amide bonds. The number of halogens is 1. The largest absolute Gasteiger partial charge is 0.338 e. The van der Waals surface area contributed by atoms with Crippen LogP contribution in [-0.4, -0.2) is 33.6 Å². The molecule has 2 rings (SSSR count). The highest BCUT2D eigenvalue weighted by molar-refractivity contribution is 9.10. The van der Waals surface area contributed by atoms with Crippen LogP contribution >= 0.6 is 27.7 Å². The maximum Gasteiger partial charge on any atom is 0.225 e. The van der Waals surface area contributed by atoms with E-state index < -0.39 is 0 Å². The van der Waals surface area contributed by atoms with Crippen molar-refractivity contribution in [1.82, 2.24) is 9.97 Å². The third kappa shape index (κ3) is 2.84. The smallest absolute Gasteiger partial charge is 0.225 e. The molecular formula is C10H14BrN3S. The molecule has 0 spiro atoms. The molecule has 0 aromatic carbocycles. The molecule has 1 aliphatic rings. The van der Waals surface area contributed by atoms with Crippen molar-refractivity contribution in [2.45, 2.75) is 24.3 Å². The van der Waals surface area contributed by atoms with E-state index in [0.717, 1.165) is 28.8 Å². The average molecular weight is 288 g/mol. The Hall–Kier alpha value is -0.290. The van der Waals surface area contributed by atoms with Gasteiger partial charge in [0.15, 0.2) is 0 Å². The van der Waals surface area contributed by atoms with Crippen molar-refractivity contribution in [3.63, 3.8) is 0 Å². The molecule has 15 heavy (non-hydrogen) atoms. The quantitative estimate of drug-likeness (QED) is 0.855. The Morgan fingerprint density at radius 1 is 1.40 bits per heavy atom. The molecule has 0 saturated carbocycles. The SMILES string of the molecule is CC(C)SC1CN(c2ncc(Br)cn2)C1. The maximum absolute atomic E-state index is 4.27. The van der Waals surface area contributed by atoms with Gasteiger partial charge in [0.1, 0.15) is 0 Å². The third-order valence-corrected chi connectivity index (χ3v) is 3.84. The summed E-state index contributed by atoms with van der Waals surface area (Å²) in [6, 6.07) is 0. The van der Waals surface area contributed by atoms with Crippen LogP contribution in [0.1, 0.15) is 13.8 Å². The second-order valence-corrected chi connectivity index (χ2v) is 6.71. The summed E-state index contributed by atoms with van der Waals surface area (Å²) in [5, 5.41) is 1.46. The van der Waals surface area contributed by atoms with Crippen molar-refractivity contribution < 1.29 is 0 Å². The molecular weight excluding hydrogens is 274 g/mol. The summed E-state index contributed by atoms with van der Waals surface area (Å²) in [6.45, 7) is 6.63. The van der Waals surface area contributed by atoms with Crippen LogP contribution in [0.25, 0.3) is 0 Å². The highest BCUT2D eigenvalue weighted by Crippen LogP contribution is 2.28. The van der Waals surface area contributed by atoms with Crippen LogP contribution in [0, 0.1) is 0 Å². The monoisotopic (exact) mass is 287 g/mol. The van der Waals surface area contributed by atoms with Crippen LogP contribution in [0.4, 0.5) is 5.95 Å². The Morgan fingerprint density at radius 2 is 2.00 bits per heavy atom. The Labute approximate surface area is 103 Å². The summed E-state index contributed by atoms with van der Waals surface area (Å²) in [6.07, 6.45) is 3.59. The number of hydrogen-bond donors (Lipinski definition) is 0. The van der Waals surface area contributed by atoms with E-state index in [1.807, 2.05) is 11.8 Å². The van der Waals surface area contributed by atoms with Gasteiger partial charge in [-0.1, -0.05) is 13.8 Å². The number of nitrogens with zero attached hydrogens (tertiary/aromatic N) is 3. The summed E-state index contributed by atoms with van der Waals surface area (Å²) in [4.78, 5) is 10.8. The molecule has 82 valence electrons. The van der Waals surface area contributed by atoms with Crippen molar-refractivity contribution in [2.24, 2.45) is 0 Å². The van der Waals surface area contributed by atoms with E-state index in [0.29, 0.717) is 5.25 Å². The lowest BCUT2D eigenvalue weighted by Crippen LogP contribution is -2.50. The van der Waals surface area contributed by atoms with Crippen molar-refractivity contribution in [3.05, 3.63) is 16.9 Å². The lowest BCUT2D eigenvalue weighted by Gasteiger charge is -2.39. The van der Waals surface area contributed by atoms with Crippen LogP contribution in [0.3, 0.4) is 0 Å². The van der Waals surface area contributed by atoms with Crippen LogP contribution in [0.2, 0.25) is 0 Å². The normalized spacial score (nSPS) is 16.9. The zero-order valence-electron chi connectivity index (χ0n) is 8.85. The summed E-state index contributed by atoms with van der Waals surface area (Å²) >= 11 is 5.37. The van der Waals surface area contributed by atoms with Gasteiger partial charge in [-0.3, -0.25) is 0 Å². The first-order valence-corrected chi connectivity index (χ1v) is 6.76. The van der Waals surface area contributed by atoms with Crippen molar-refractivity contribution >= 4 is 33.6 Å². The van der Waals surface area contributed by atoms with Gasteiger partial charge in [-0.15, -0.1) is 0 Å². The fourth-order valence-corrected chi connectivity index (χ4v) is 3.05. The molecule has 1 aromatic heterocycles. The van der Waals surface area contributed by atoms with Gasteiger partial charge in [-0.2, -0.15) is 11.8 Å². The summed E-state index contributed by atoms with van der Waals surface area (Å²) in [5.74, 6) is 0.846. The Morgan fingerprint density at radius 3 is 2.53 bits per heavy atom. The summed E-state index contributed by atoms with van der Waals surface area (Å²) in [5.41, 5.74) is 0. The number of thioether (sulfide) groups is 1. The van der Waals surface area contributed by atoms with Gasteiger partial charge in [0.2, 0.25) is 5.95 Å². The molecule has 2 heterocycles. The van der Waals surface area contributed by atoms with Crippen molar-refractivity contribution in [1.29, 1.82) is 0 Å². The lowest BCUT2D eigenvalue weighted by atomic mass is 10.2. The molecule has 1 aliphatic heterocycles. The van der Waals surface area contributed by atoms with E-state index in [1.54, 1.807) is 12.4 Å². The molecule has 1 fully saturated rings. The molecule has 1 saturated heterocycles. The molecule has 0 atom stereocenters. The molecule has 0 unspecified atom stereocenters. The van der Waals surface area contributed by atoms with E-state index in [1.165, 1.54) is 0 Å². The number of hydrogen-bond acceptors (Lipinski definition) is 4. The molecule has 0 aliphatic carbocycles. The molecule has 0 bridgehead atoms. The van der Waals surface area contributed by atoms with Crippen LogP contribution in [-0.2, 0) is 0 Å². The Balaban J connectivity index is 1.86. The zero-order valence-corrected chi connectivity index (χ0v) is 11.3. The average Bonchev–Trinajstić information content (AvgIpc) is 2.12. The predicted molar refractivity (Wildman–Crippen MR) is 68.5 cm³/mol. The lowest BCUT2D eigenvalue weighted by molar-refractivity contribution is 0.614. The molecule has 0 N–H and O–H groups in total. The first-order valence-electron chi connectivity index (χ1n) is 5.03. The standard InChI is InChI=1S/C10H14BrN3S/c1-7(2)15-9-5-14(6-9)10-12-3-8(11)4-13-10/h3-4,7,9H,5-6H2,1-2H3. The predicted octanol–water partition coefficient (Wildman–Crippen LogP) is 2.57. The van der Waals surface area contributed by atoms with Gasteiger partial charge in [-0.25, -0.2) is 9.97 Å². The van der Waals surface area contributed by atoms with E-state index in [4.69, 9.17) is 0 Å². The summed E-state index contributed by atoms with van der Waals surface area (Å²) < 4.78 is 0.930. The van der Waals surface area contributed by atoms with Crippen LogP contribution < -0.4 is 4.90 Å². The second-order valence-electron chi connectivity index (χ2n) is 3.91. The van der Waals surface area contributed by atoms with Gasteiger partial charge >= 0.3 is 0 Å². The third-order valence-electron chi connectivity index (χ3n) is 2.20. The highest BCUT2D eigenvalue weighted by Gasteiger charge is 2.29. The fourth-order valence-electron chi connectivity index (χ4n) is 1.54. The molecule has 0 radical (unpaired) electrons. The second kappa shape index (κ2) is 4.70. The van der Waals surface area contributed by atoms with Gasteiger partial charge < -0.3 is 4.90 Å². The Bertz CT molecular complexity index is 322. The van der Waals surface area contributed by atoms with E-state index in [9.17, 15) is 0 Å². The van der Waals surface area contributed by atoms with Crippen molar-refractivity contribution in [3.8, 4) is 0 Å². The van der Waals surface area contributed by atoms with Crippen molar-refractivity contribution in [2.75, 3.05) is 18.0 Å². The summed E-state index contributed by atoms with van der Waals surface area (Å²) in [7, 11) is 0. The maximum atomic E-state index is 4.27. The first kappa shape index (κ1) is 11.2. The van der Waals surface area contributed by atoms with E-state index >= 15 is 0 Å². The van der Waals surface area contributed by atoms with Crippen LogP contribution in [0.15, 0.2) is 16.9 Å². The van der Waals surface area contributed by atoms with Gasteiger partial charge in [0.05, 0.1) is 4.47 Å². The first-order chi connectivity index (χ1) is 7.15. The molecule has 1 aromatic rings. The minimum absolute atomic E-state index is 0.711. The Kier molecular flexibility index (Phi) is 3.51. The highest BCUT2D eigenvalue weighted by atomic mass is 79.9. The zero-order chi connectivity index (χ0) is 10.8. The fraction of sp³-hybridized carbons (Fsp3) is 0.600. The van der Waals surface area contributed by atoms with Crippen LogP contribution in [0.5, 0.6) is 0 Å². The van der Waals surface area contributed by atoms with E-state index in [2.05, 4.69) is 44.6 Å². The topological polar surface area (TPSA) is 29.0 Å².